The Morgan fingerprint density at radius 3 is 1.57 bits per heavy atom. The molecule has 7 heavy (non-hydrogen) atoms. The van der Waals surface area contributed by atoms with Crippen LogP contribution in [0.2, 0.25) is 0 Å². The van der Waals surface area contributed by atoms with Gasteiger partial charge in [0.1, 0.15) is 0 Å². The number of halogens is 2. The van der Waals surface area contributed by atoms with E-state index in [2.05, 4.69) is 39.5 Å². The fraction of sp³-hybridized carbons (Fsp3) is 0. The van der Waals surface area contributed by atoms with Crippen molar-refractivity contribution in [1.82, 2.24) is 0 Å². The molecule has 0 saturated carbocycles. The minimum atomic E-state index is 0. The van der Waals surface area contributed by atoms with E-state index in [1.165, 1.54) is 7.85 Å². The van der Waals surface area contributed by atoms with E-state index < -0.39 is 0 Å². The molecule has 6 heteroatoms. The molecule has 32 valence electrons. The van der Waals surface area contributed by atoms with E-state index in [1.807, 2.05) is 0 Å². The van der Waals surface area contributed by atoms with Crippen molar-refractivity contribution in [1.29, 1.82) is 5.26 Å². The Hall–Kier alpha value is 2.64. The van der Waals surface area contributed by atoms with Crippen molar-refractivity contribution >= 4 is 76.9 Å². The van der Waals surface area contributed by atoms with Gasteiger partial charge in [-0.1, -0.05) is 0 Å². The monoisotopic (exact) mass is 381 g/mol. The Labute approximate surface area is 96.0 Å². The molecule has 0 spiro atoms. The summed E-state index contributed by atoms with van der Waals surface area (Å²) in [5.41, 5.74) is 0. The van der Waals surface area contributed by atoms with E-state index in [0.29, 0.717) is 0 Å². The van der Waals surface area contributed by atoms with Crippen LogP contribution in [0.1, 0.15) is 0 Å². The molecule has 1 nitrogen and oxygen atoms in total. The molecule has 0 radical (unpaired) electrons. The van der Waals surface area contributed by atoms with Crippen molar-refractivity contribution in [3.63, 3.8) is 0 Å². The van der Waals surface area contributed by atoms with Gasteiger partial charge in [0.25, 0.3) is 0 Å². The molecule has 0 atom stereocenters. The Morgan fingerprint density at radius 2 is 1.57 bits per heavy atom. The summed E-state index contributed by atoms with van der Waals surface area (Å²) in [7, 11) is 1.50. The first-order valence-electron chi connectivity index (χ1n) is 1.26. The average molecular weight is 382 g/mol. The molecule has 0 saturated heterocycles. The third-order valence-corrected chi connectivity index (χ3v) is 0. The zero-order valence-electron chi connectivity index (χ0n) is 3.41. The summed E-state index contributed by atoms with van der Waals surface area (Å²) in [5.74, 6) is 1.75. The predicted octanol–water partition coefficient (Wildman–Crippen LogP) is 0.221. The Balaban J connectivity index is -0.0000000400. The van der Waals surface area contributed by atoms with Crippen LogP contribution in [0.3, 0.4) is 0 Å². The summed E-state index contributed by atoms with van der Waals surface area (Å²) in [6, 6.07) is 0. The molecule has 0 N–H and O–H groups in total. The first kappa shape index (κ1) is 16.3. The summed E-state index contributed by atoms with van der Waals surface area (Å²) in [6.45, 7) is 0. The van der Waals surface area contributed by atoms with Gasteiger partial charge in [-0.05, 0) is 5.97 Å². The van der Waals surface area contributed by atoms with Crippen molar-refractivity contribution in [3.05, 3.63) is 0 Å². The fourth-order valence-electron chi connectivity index (χ4n) is 0. The molecular weight excluding hydrogens is 379 g/mol. The Kier molecular flexibility index (Phi) is 54.6. The summed E-state index contributed by atoms with van der Waals surface area (Å²) < 4.78 is 0. The summed E-state index contributed by atoms with van der Waals surface area (Å²) in [6.07, 6.45) is 0. The fourth-order valence-corrected chi connectivity index (χ4v) is 0. The van der Waals surface area contributed by atoms with Crippen molar-refractivity contribution in [2.75, 3.05) is 0 Å². The zero-order valence-corrected chi connectivity index (χ0v) is 10.7. The molecule has 0 rings (SSSR count). The number of hydrogen-bond acceptors (Lipinski definition) is 1. The first-order chi connectivity index (χ1) is 2.83. The molecular formula is CH3BI2NNaZn. The Bertz CT molecular complexity index is 47.4. The predicted molar refractivity (Wildman–Crippen MR) is 49.3 cm³/mol. The molecule has 0 unspecified atom stereocenters. The van der Waals surface area contributed by atoms with Gasteiger partial charge in [0.2, 0.25) is 7.85 Å². The van der Waals surface area contributed by atoms with Crippen LogP contribution in [0.5, 0.6) is 0 Å². The second-order valence-corrected chi connectivity index (χ2v) is 23.8. The minimum absolute atomic E-state index is 0. The van der Waals surface area contributed by atoms with Gasteiger partial charge in [-0.25, -0.2) is 5.26 Å². The third-order valence-electron chi connectivity index (χ3n) is 0. The van der Waals surface area contributed by atoms with Crippen LogP contribution >= 0.6 is 39.5 Å². The van der Waals surface area contributed by atoms with Crippen LogP contribution < -0.4 is 0 Å². The first-order valence-corrected chi connectivity index (χ1v) is 19.4. The second kappa shape index (κ2) is 23.4. The van der Waals surface area contributed by atoms with Crippen LogP contribution in [0.25, 0.3) is 0 Å². The van der Waals surface area contributed by atoms with Gasteiger partial charge in [0, 0.05) is 0 Å². The van der Waals surface area contributed by atoms with E-state index in [4.69, 9.17) is 5.26 Å². The van der Waals surface area contributed by atoms with Crippen LogP contribution in [-0.4, -0.2) is 37.4 Å². The van der Waals surface area contributed by atoms with Gasteiger partial charge in [0.05, 0.1) is 0 Å². The quantitative estimate of drug-likeness (QED) is 0.435. The van der Waals surface area contributed by atoms with E-state index >= 15 is 0 Å². The van der Waals surface area contributed by atoms with Crippen molar-refractivity contribution in [3.8, 4) is 5.97 Å². The molecule has 0 aliphatic carbocycles. The second-order valence-electron chi connectivity index (χ2n) is 0.325. The summed E-state index contributed by atoms with van der Waals surface area (Å²) in [5, 5.41) is 7.32. The standard InChI is InChI=1S/CH2BN.2HI.Na.Zn.H/c2-1-3;;;;;/h2H2;2*1H;;;/q;;;;+2;/p-2. The van der Waals surface area contributed by atoms with Crippen molar-refractivity contribution in [2.24, 2.45) is 0 Å². The normalized spacial score (nSPS) is 2.43. The topological polar surface area (TPSA) is 23.8 Å². The Morgan fingerprint density at radius 1 is 1.57 bits per heavy atom. The SMILES string of the molecule is BC#N.[I][Zn][I].[NaH]. The maximum atomic E-state index is 7.32. The third kappa shape index (κ3) is 54.7. The number of nitriles is 1. The van der Waals surface area contributed by atoms with Crippen LogP contribution in [-0.2, 0) is 10.1 Å². The molecule has 0 aromatic heterocycles. The van der Waals surface area contributed by atoms with Crippen molar-refractivity contribution < 1.29 is 10.1 Å². The van der Waals surface area contributed by atoms with E-state index in [-0.39, 0.29) is 39.7 Å². The van der Waals surface area contributed by atoms with E-state index in [9.17, 15) is 0 Å². The average Bonchev–Trinajstić information content (AvgIpc) is 1.39. The molecule has 0 amide bonds. The maximum absolute atomic E-state index is 7.32. The van der Waals surface area contributed by atoms with Gasteiger partial charge in [-0.3, -0.25) is 0 Å². The van der Waals surface area contributed by atoms with Gasteiger partial charge in [-0.15, -0.1) is 0 Å². The summed E-state index contributed by atoms with van der Waals surface area (Å²) in [4.78, 5) is 0. The number of nitrogens with zero attached hydrogens (tertiary/aromatic N) is 1. The van der Waals surface area contributed by atoms with Crippen molar-refractivity contribution in [2.45, 2.75) is 0 Å². The molecule has 0 aromatic rings. The van der Waals surface area contributed by atoms with Gasteiger partial charge >= 0.3 is 79.2 Å². The summed E-state index contributed by atoms with van der Waals surface area (Å²) >= 11 is 4.93. The van der Waals surface area contributed by atoms with E-state index in [1.54, 1.807) is 5.97 Å². The molecule has 0 aliphatic rings. The van der Waals surface area contributed by atoms with E-state index in [0.717, 1.165) is 0 Å². The van der Waals surface area contributed by atoms with Crippen LogP contribution in [0, 0.1) is 11.2 Å². The molecule has 0 bridgehead atoms. The van der Waals surface area contributed by atoms with Crippen LogP contribution in [0.4, 0.5) is 0 Å². The van der Waals surface area contributed by atoms with Gasteiger partial charge < -0.3 is 0 Å². The van der Waals surface area contributed by atoms with Gasteiger partial charge in [0.15, 0.2) is 0 Å². The number of rotatable bonds is 0. The molecule has 0 aromatic carbocycles. The molecule has 0 heterocycles. The molecule has 0 fully saturated rings. The van der Waals surface area contributed by atoms with Gasteiger partial charge in [-0.2, -0.15) is 0 Å². The zero-order chi connectivity index (χ0) is 5.41. The molecule has 0 aliphatic heterocycles. The number of hydrogen-bond donors (Lipinski definition) is 0. The van der Waals surface area contributed by atoms with Crippen LogP contribution in [0.15, 0.2) is 0 Å².